The summed E-state index contributed by atoms with van der Waals surface area (Å²) in [5, 5.41) is 21.3. The van der Waals surface area contributed by atoms with Crippen molar-refractivity contribution in [2.75, 3.05) is 26.1 Å². The van der Waals surface area contributed by atoms with Crippen molar-refractivity contribution in [2.24, 2.45) is 5.92 Å². The van der Waals surface area contributed by atoms with E-state index >= 15 is 0 Å². The van der Waals surface area contributed by atoms with E-state index in [4.69, 9.17) is 25.8 Å². The average Bonchev–Trinajstić information content (AvgIpc) is 2.63. The van der Waals surface area contributed by atoms with Crippen LogP contribution in [0.1, 0.15) is 25.3 Å². The smallest absolute Gasteiger partial charge is 0.257 e. The van der Waals surface area contributed by atoms with Crippen molar-refractivity contribution in [3.05, 3.63) is 35.0 Å². The number of rotatable bonds is 8. The monoisotopic (exact) mass is 393 g/mol. The number of aliphatic hydroxyl groups is 1. The van der Waals surface area contributed by atoms with E-state index in [9.17, 15) is 5.11 Å². The molecule has 1 aromatic carbocycles. The van der Waals surface area contributed by atoms with E-state index in [-0.39, 0.29) is 5.15 Å². The maximum atomic E-state index is 9.83. The SMILES string of the molecule is COc1ccc(CNc2cc(Cl)nnc2OCC2CC(C)(O)C2)c(OC)c1. The first-order valence-electron chi connectivity index (χ1n) is 8.73. The van der Waals surface area contributed by atoms with Crippen molar-refractivity contribution < 1.29 is 19.3 Å². The number of methoxy groups -OCH3 is 2. The van der Waals surface area contributed by atoms with Gasteiger partial charge in [0.1, 0.15) is 17.2 Å². The zero-order valence-corrected chi connectivity index (χ0v) is 16.4. The number of aromatic nitrogens is 2. The van der Waals surface area contributed by atoms with Crippen molar-refractivity contribution >= 4 is 17.3 Å². The Bertz CT molecular complexity index is 793. The molecule has 1 saturated carbocycles. The molecule has 7 nitrogen and oxygen atoms in total. The number of anilines is 1. The Labute approximate surface area is 163 Å². The second kappa shape index (κ2) is 8.19. The molecule has 27 heavy (non-hydrogen) atoms. The summed E-state index contributed by atoms with van der Waals surface area (Å²) < 4.78 is 16.5. The topological polar surface area (TPSA) is 85.7 Å². The van der Waals surface area contributed by atoms with Gasteiger partial charge in [-0.1, -0.05) is 11.6 Å². The van der Waals surface area contributed by atoms with Crippen LogP contribution in [0.15, 0.2) is 24.3 Å². The molecular weight excluding hydrogens is 370 g/mol. The molecule has 0 spiro atoms. The van der Waals surface area contributed by atoms with Crippen molar-refractivity contribution in [3.8, 4) is 17.4 Å². The molecule has 1 heterocycles. The van der Waals surface area contributed by atoms with E-state index in [1.165, 1.54) is 0 Å². The van der Waals surface area contributed by atoms with Crippen LogP contribution in [-0.2, 0) is 6.54 Å². The number of benzene rings is 1. The molecule has 146 valence electrons. The Kier molecular flexibility index (Phi) is 5.92. The van der Waals surface area contributed by atoms with E-state index in [2.05, 4.69) is 15.5 Å². The number of nitrogens with one attached hydrogen (secondary N) is 1. The van der Waals surface area contributed by atoms with Crippen LogP contribution in [0.4, 0.5) is 5.69 Å². The standard InChI is InChI=1S/C19H24ClN3O4/c1-19(24)8-12(9-19)11-27-18-15(7-17(20)22-23-18)21-10-13-4-5-14(25-2)6-16(13)26-3/h4-7,12,24H,8-11H2,1-3H3,(H,21,22). The molecule has 3 rings (SSSR count). The Morgan fingerprint density at radius 3 is 2.67 bits per heavy atom. The number of hydrogen-bond acceptors (Lipinski definition) is 7. The highest BCUT2D eigenvalue weighted by atomic mass is 35.5. The van der Waals surface area contributed by atoms with Crippen LogP contribution < -0.4 is 19.5 Å². The lowest BCUT2D eigenvalue weighted by Crippen LogP contribution is -2.43. The largest absolute Gasteiger partial charge is 0.497 e. The van der Waals surface area contributed by atoms with Crippen LogP contribution >= 0.6 is 11.6 Å². The molecule has 0 bridgehead atoms. The predicted molar refractivity (Wildman–Crippen MR) is 103 cm³/mol. The highest BCUT2D eigenvalue weighted by Crippen LogP contribution is 2.38. The van der Waals surface area contributed by atoms with Crippen LogP contribution in [0, 0.1) is 5.92 Å². The van der Waals surface area contributed by atoms with Crippen LogP contribution in [0.3, 0.4) is 0 Å². The fourth-order valence-corrected chi connectivity index (χ4v) is 3.42. The van der Waals surface area contributed by atoms with Gasteiger partial charge in [-0.15, -0.1) is 10.2 Å². The molecule has 0 amide bonds. The van der Waals surface area contributed by atoms with Gasteiger partial charge in [0.05, 0.1) is 26.4 Å². The second-order valence-electron chi connectivity index (χ2n) is 7.00. The molecule has 2 N–H and O–H groups in total. The number of nitrogens with zero attached hydrogens (tertiary/aromatic N) is 2. The van der Waals surface area contributed by atoms with Gasteiger partial charge in [0.2, 0.25) is 0 Å². The fourth-order valence-electron chi connectivity index (χ4n) is 3.28. The zero-order valence-electron chi connectivity index (χ0n) is 15.7. The summed E-state index contributed by atoms with van der Waals surface area (Å²) in [6, 6.07) is 7.31. The van der Waals surface area contributed by atoms with Crippen LogP contribution in [-0.4, -0.2) is 41.7 Å². The molecule has 1 fully saturated rings. The van der Waals surface area contributed by atoms with Crippen LogP contribution in [0.25, 0.3) is 0 Å². The summed E-state index contributed by atoms with van der Waals surface area (Å²) in [7, 11) is 3.23. The average molecular weight is 394 g/mol. The third-order valence-corrected chi connectivity index (χ3v) is 4.79. The van der Waals surface area contributed by atoms with Crippen molar-refractivity contribution in [3.63, 3.8) is 0 Å². The second-order valence-corrected chi connectivity index (χ2v) is 7.39. The van der Waals surface area contributed by atoms with Crippen molar-refractivity contribution in [1.82, 2.24) is 10.2 Å². The van der Waals surface area contributed by atoms with Crippen molar-refractivity contribution in [2.45, 2.75) is 31.9 Å². The first-order valence-corrected chi connectivity index (χ1v) is 9.11. The summed E-state index contributed by atoms with van der Waals surface area (Å²) >= 11 is 5.99. The lowest BCUT2D eigenvalue weighted by Gasteiger charge is -2.40. The Morgan fingerprint density at radius 2 is 2.00 bits per heavy atom. The molecule has 1 aliphatic rings. The summed E-state index contributed by atoms with van der Waals surface area (Å²) in [5.74, 6) is 2.14. The minimum absolute atomic E-state index is 0.276. The van der Waals surface area contributed by atoms with E-state index < -0.39 is 5.60 Å². The van der Waals surface area contributed by atoms with E-state index in [0.717, 1.165) is 24.2 Å². The highest BCUT2D eigenvalue weighted by Gasteiger charge is 2.38. The molecular formula is C19H24ClN3O4. The van der Waals surface area contributed by atoms with Gasteiger partial charge in [-0.3, -0.25) is 0 Å². The van der Waals surface area contributed by atoms with Gasteiger partial charge in [-0.2, -0.15) is 0 Å². The molecule has 1 aromatic heterocycles. The number of halogens is 1. The number of hydrogen-bond donors (Lipinski definition) is 2. The molecule has 0 atom stereocenters. The van der Waals surface area contributed by atoms with Gasteiger partial charge in [0.15, 0.2) is 5.15 Å². The van der Waals surface area contributed by atoms with Crippen LogP contribution in [0.2, 0.25) is 5.15 Å². The third-order valence-electron chi connectivity index (χ3n) is 4.61. The summed E-state index contributed by atoms with van der Waals surface area (Å²) in [6.45, 7) is 2.80. The van der Waals surface area contributed by atoms with Gasteiger partial charge in [-0.05, 0) is 37.8 Å². The lowest BCUT2D eigenvalue weighted by atomic mass is 9.73. The van der Waals surface area contributed by atoms with Gasteiger partial charge < -0.3 is 24.6 Å². The van der Waals surface area contributed by atoms with E-state index in [1.807, 2.05) is 25.1 Å². The zero-order chi connectivity index (χ0) is 19.4. The Hall–Kier alpha value is -2.25. The fraction of sp³-hybridized carbons (Fsp3) is 0.474. The Balaban J connectivity index is 1.66. The van der Waals surface area contributed by atoms with Crippen LogP contribution in [0.5, 0.6) is 17.4 Å². The van der Waals surface area contributed by atoms with E-state index in [1.54, 1.807) is 20.3 Å². The quantitative estimate of drug-likeness (QED) is 0.711. The first-order chi connectivity index (χ1) is 12.9. The predicted octanol–water partition coefficient (Wildman–Crippen LogP) is 3.30. The van der Waals surface area contributed by atoms with Gasteiger partial charge in [-0.25, -0.2) is 0 Å². The molecule has 1 aliphatic carbocycles. The maximum Gasteiger partial charge on any atom is 0.257 e. The minimum atomic E-state index is -0.578. The minimum Gasteiger partial charge on any atom is -0.497 e. The molecule has 0 saturated heterocycles. The molecule has 0 radical (unpaired) electrons. The van der Waals surface area contributed by atoms with Gasteiger partial charge in [0.25, 0.3) is 5.88 Å². The van der Waals surface area contributed by atoms with Gasteiger partial charge >= 0.3 is 0 Å². The highest BCUT2D eigenvalue weighted by molar-refractivity contribution is 6.29. The molecule has 2 aromatic rings. The first kappa shape index (κ1) is 19.5. The molecule has 0 aliphatic heterocycles. The lowest BCUT2D eigenvalue weighted by molar-refractivity contribution is -0.0694. The van der Waals surface area contributed by atoms with Crippen molar-refractivity contribution in [1.29, 1.82) is 0 Å². The van der Waals surface area contributed by atoms with Gasteiger partial charge in [0, 0.05) is 24.2 Å². The molecule has 0 unspecified atom stereocenters. The maximum absolute atomic E-state index is 9.83. The molecule has 8 heteroatoms. The summed E-state index contributed by atoms with van der Waals surface area (Å²) in [5.41, 5.74) is 1.03. The normalized spacial score (nSPS) is 21.3. The third kappa shape index (κ3) is 4.93. The Morgan fingerprint density at radius 1 is 1.22 bits per heavy atom. The summed E-state index contributed by atoms with van der Waals surface area (Å²) in [6.07, 6.45) is 1.44. The van der Waals surface area contributed by atoms with E-state index in [0.29, 0.717) is 36.4 Å². The summed E-state index contributed by atoms with van der Waals surface area (Å²) in [4.78, 5) is 0. The number of ether oxygens (including phenoxy) is 3.